The lowest BCUT2D eigenvalue weighted by Gasteiger charge is -2.24. The van der Waals surface area contributed by atoms with E-state index in [1.807, 2.05) is 21.1 Å². The maximum absolute atomic E-state index is 12.7. The number of carbonyl (C=O) groups is 2. The minimum Gasteiger partial charge on any atom is -0.462 e. The summed E-state index contributed by atoms with van der Waals surface area (Å²) in [6, 6.07) is 0. The monoisotopic (exact) mass is 792 g/mol. The number of carbonyl (C=O) groups excluding carboxylic acids is 2. The third kappa shape index (κ3) is 40.7. The van der Waals surface area contributed by atoms with Gasteiger partial charge in [-0.2, -0.15) is 0 Å². The van der Waals surface area contributed by atoms with Crippen LogP contribution in [0.15, 0.2) is 0 Å². The largest absolute Gasteiger partial charge is 0.472 e. The van der Waals surface area contributed by atoms with Crippen LogP contribution in [0.25, 0.3) is 0 Å². The first-order valence-corrected chi connectivity index (χ1v) is 24.3. The van der Waals surface area contributed by atoms with E-state index in [1.54, 1.807) is 0 Å². The molecule has 0 amide bonds. The van der Waals surface area contributed by atoms with Crippen molar-refractivity contribution in [3.05, 3.63) is 0 Å². The second-order valence-corrected chi connectivity index (χ2v) is 18.3. The fourth-order valence-corrected chi connectivity index (χ4v) is 7.29. The molecule has 0 aromatic heterocycles. The Kier molecular flexibility index (Phi) is 36.9. The van der Waals surface area contributed by atoms with E-state index in [0.717, 1.165) is 38.5 Å². The highest BCUT2D eigenvalue weighted by atomic mass is 31.2. The van der Waals surface area contributed by atoms with Gasteiger partial charge in [0.25, 0.3) is 0 Å². The van der Waals surface area contributed by atoms with Crippen LogP contribution >= 0.6 is 7.82 Å². The van der Waals surface area contributed by atoms with Crippen molar-refractivity contribution in [2.45, 2.75) is 225 Å². The van der Waals surface area contributed by atoms with E-state index in [9.17, 15) is 19.0 Å². The van der Waals surface area contributed by atoms with Crippen LogP contribution < -0.4 is 0 Å². The minimum absolute atomic E-state index is 0.0369. The van der Waals surface area contributed by atoms with Gasteiger partial charge in [0.15, 0.2) is 6.10 Å². The number of esters is 2. The molecule has 0 bridgehead atoms. The molecule has 322 valence electrons. The summed E-state index contributed by atoms with van der Waals surface area (Å²) in [7, 11) is 1.49. The van der Waals surface area contributed by atoms with Crippen molar-refractivity contribution in [1.29, 1.82) is 0 Å². The molecule has 0 fully saturated rings. The molecule has 0 aromatic carbocycles. The number of nitrogens with zero attached hydrogens (tertiary/aromatic N) is 1. The van der Waals surface area contributed by atoms with Gasteiger partial charge in [-0.25, -0.2) is 4.57 Å². The molecule has 0 aliphatic heterocycles. The van der Waals surface area contributed by atoms with Gasteiger partial charge in [0.1, 0.15) is 19.8 Å². The van der Waals surface area contributed by atoms with Gasteiger partial charge in [0.05, 0.1) is 27.7 Å². The smallest absolute Gasteiger partial charge is 0.462 e. The molecule has 0 aliphatic carbocycles. The molecule has 54 heavy (non-hydrogen) atoms. The van der Waals surface area contributed by atoms with Crippen LogP contribution in [0.2, 0.25) is 0 Å². The SMILES string of the molecule is CCCCCCCCCCCCCCCCCC(=O)OC[C@H](COP(=O)(O)OCC[N+](C)(C)C)O[13C](=O)CCCCCCCCCCCCCCCCC. The molecular formula is C44H89NO8P+. The Morgan fingerprint density at radius 2 is 0.833 bits per heavy atom. The molecule has 0 rings (SSSR count). The zero-order valence-electron chi connectivity index (χ0n) is 36.2. The number of rotatable bonds is 42. The van der Waals surface area contributed by atoms with Crippen LogP contribution in [-0.2, 0) is 32.7 Å². The molecule has 1 N–H and O–H groups in total. The van der Waals surface area contributed by atoms with Crippen LogP contribution in [0.4, 0.5) is 0 Å². The van der Waals surface area contributed by atoms with Crippen LogP contribution in [0.1, 0.15) is 219 Å². The Balaban J connectivity index is 4.30. The van der Waals surface area contributed by atoms with E-state index in [4.69, 9.17) is 18.5 Å². The summed E-state index contributed by atoms with van der Waals surface area (Å²) in [5.41, 5.74) is 0. The van der Waals surface area contributed by atoms with E-state index < -0.39 is 26.5 Å². The number of hydrogen-bond donors (Lipinski definition) is 1. The van der Waals surface area contributed by atoms with Crippen molar-refractivity contribution in [3.63, 3.8) is 0 Å². The van der Waals surface area contributed by atoms with E-state index >= 15 is 0 Å². The van der Waals surface area contributed by atoms with Gasteiger partial charge in [-0.1, -0.05) is 194 Å². The summed E-state index contributed by atoms with van der Waals surface area (Å²) in [6.07, 6.45) is 37.1. The summed E-state index contributed by atoms with van der Waals surface area (Å²) in [4.78, 5) is 35.4. The van der Waals surface area contributed by atoms with Gasteiger partial charge in [-0.05, 0) is 12.8 Å². The van der Waals surface area contributed by atoms with E-state index in [1.165, 1.54) is 154 Å². The van der Waals surface area contributed by atoms with Crippen molar-refractivity contribution in [1.82, 2.24) is 0 Å². The van der Waals surface area contributed by atoms with Crippen LogP contribution in [0.5, 0.6) is 0 Å². The lowest BCUT2D eigenvalue weighted by atomic mass is 10.0. The van der Waals surface area contributed by atoms with E-state index in [0.29, 0.717) is 17.4 Å². The highest BCUT2D eigenvalue weighted by Crippen LogP contribution is 2.43. The third-order valence-electron chi connectivity index (χ3n) is 10.1. The molecule has 1 unspecified atom stereocenters. The zero-order valence-corrected chi connectivity index (χ0v) is 37.1. The van der Waals surface area contributed by atoms with Crippen LogP contribution in [0.3, 0.4) is 0 Å². The molecule has 2 atom stereocenters. The molecule has 0 saturated heterocycles. The molecular weight excluding hydrogens is 702 g/mol. The molecule has 0 aromatic rings. The number of phosphoric ester groups is 1. The molecule has 0 radical (unpaired) electrons. The predicted molar refractivity (Wildman–Crippen MR) is 225 cm³/mol. The lowest BCUT2D eigenvalue weighted by Crippen LogP contribution is -2.37. The number of likely N-dealkylation sites (N-methyl/N-ethyl adjacent to an activating group) is 1. The first kappa shape index (κ1) is 53.0. The van der Waals surface area contributed by atoms with Crippen molar-refractivity contribution < 1.29 is 42.1 Å². The van der Waals surface area contributed by atoms with Crippen LogP contribution in [0, 0.1) is 0 Å². The Bertz CT molecular complexity index is 896. The average molecular weight is 792 g/mol. The lowest BCUT2D eigenvalue weighted by molar-refractivity contribution is -0.870. The quantitative estimate of drug-likeness (QED) is 0.0214. The molecule has 10 heteroatoms. The minimum atomic E-state index is -4.37. The summed E-state index contributed by atoms with van der Waals surface area (Å²) >= 11 is 0. The Labute approximate surface area is 334 Å². The Hall–Kier alpha value is -0.990. The van der Waals surface area contributed by atoms with Gasteiger partial charge >= 0.3 is 19.8 Å². The second kappa shape index (κ2) is 37.6. The van der Waals surface area contributed by atoms with Crippen molar-refractivity contribution >= 4 is 19.8 Å². The molecule has 0 aliphatic rings. The van der Waals surface area contributed by atoms with Gasteiger partial charge in [0.2, 0.25) is 0 Å². The van der Waals surface area contributed by atoms with E-state index in [2.05, 4.69) is 13.8 Å². The Morgan fingerprint density at radius 3 is 1.19 bits per heavy atom. The van der Waals surface area contributed by atoms with Crippen molar-refractivity contribution in [2.75, 3.05) is 47.5 Å². The van der Waals surface area contributed by atoms with E-state index in [-0.39, 0.29) is 25.6 Å². The summed E-state index contributed by atoms with van der Waals surface area (Å²) in [5, 5.41) is 0. The molecule has 0 spiro atoms. The number of phosphoric acid groups is 1. The first-order valence-electron chi connectivity index (χ1n) is 22.8. The van der Waals surface area contributed by atoms with Gasteiger partial charge in [-0.3, -0.25) is 18.6 Å². The van der Waals surface area contributed by atoms with Gasteiger partial charge in [-0.15, -0.1) is 0 Å². The zero-order chi connectivity index (χ0) is 40.0. The number of hydrogen-bond acceptors (Lipinski definition) is 7. The second-order valence-electron chi connectivity index (χ2n) is 16.8. The fraction of sp³-hybridized carbons (Fsp3) is 0.955. The maximum atomic E-state index is 12.7. The summed E-state index contributed by atoms with van der Waals surface area (Å²) in [6.45, 7) is 4.46. The third-order valence-corrected chi connectivity index (χ3v) is 11.1. The normalized spacial score (nSPS) is 13.5. The molecule has 9 nitrogen and oxygen atoms in total. The number of unbranched alkanes of at least 4 members (excludes halogenated alkanes) is 28. The highest BCUT2D eigenvalue weighted by Gasteiger charge is 2.27. The summed E-state index contributed by atoms with van der Waals surface area (Å²) < 4.78 is 34.3. The summed E-state index contributed by atoms with van der Waals surface area (Å²) in [5.74, 6) is -0.782. The van der Waals surface area contributed by atoms with Crippen LogP contribution in [-0.4, -0.2) is 74.9 Å². The molecule has 0 heterocycles. The maximum Gasteiger partial charge on any atom is 0.472 e. The standard InChI is InChI=1S/C44H88NO8P/c1-6-8-10-12-14-16-18-20-22-24-26-28-30-32-34-36-43(46)50-40-42(41-52-54(48,49)51-39-38-45(3,4)5)53-44(47)37-35-33-31-29-27-25-23-21-19-17-15-13-11-9-7-2/h42H,6-41H2,1-5H3/p+1/t42-/m1/s1/i44+1. The Morgan fingerprint density at radius 1 is 0.500 bits per heavy atom. The van der Waals surface area contributed by atoms with Gasteiger partial charge in [0, 0.05) is 12.8 Å². The average Bonchev–Trinajstić information content (AvgIpc) is 3.12. The van der Waals surface area contributed by atoms with Gasteiger partial charge < -0.3 is 18.9 Å². The fourth-order valence-electron chi connectivity index (χ4n) is 6.54. The van der Waals surface area contributed by atoms with Crippen molar-refractivity contribution in [2.24, 2.45) is 0 Å². The van der Waals surface area contributed by atoms with Crippen molar-refractivity contribution in [3.8, 4) is 0 Å². The highest BCUT2D eigenvalue weighted by molar-refractivity contribution is 7.47. The number of ether oxygens (including phenoxy) is 2. The first-order chi connectivity index (χ1) is 26.0. The number of quaternary nitrogens is 1. The topological polar surface area (TPSA) is 108 Å². The predicted octanol–water partition coefficient (Wildman–Crippen LogP) is 12.8. The molecule has 0 saturated carbocycles.